The van der Waals surface area contributed by atoms with Crippen molar-refractivity contribution in [1.82, 2.24) is 9.55 Å². The molecule has 0 atom stereocenters. The molecule has 2 rings (SSSR count). The fourth-order valence-corrected chi connectivity index (χ4v) is 1.52. The maximum Gasteiger partial charge on any atom is 0.0880 e. The molecule has 2 aromatic heterocycles. The summed E-state index contributed by atoms with van der Waals surface area (Å²) in [5.74, 6) is -1.17. The molecule has 15 heavy (non-hydrogen) atoms. The molecule has 0 aromatic carbocycles. The Bertz CT molecular complexity index is 489. The van der Waals surface area contributed by atoms with E-state index in [1.807, 2.05) is 6.07 Å². The SMILES string of the molecule is Cn1c(C(=O)[O-])ccc1-c1cccnc1. The number of pyridine rings is 1. The molecule has 0 radical (unpaired) electrons. The van der Waals surface area contributed by atoms with Gasteiger partial charge < -0.3 is 14.5 Å². The summed E-state index contributed by atoms with van der Waals surface area (Å²) in [4.78, 5) is 14.7. The normalized spacial score (nSPS) is 10.2. The van der Waals surface area contributed by atoms with Crippen LogP contribution in [0.15, 0.2) is 36.7 Å². The molecule has 2 heterocycles. The number of carboxylic acid groups (broad SMARTS) is 1. The standard InChI is InChI=1S/C11H10N2O2/c1-13-9(4-5-10(13)11(14)15)8-3-2-6-12-7-8/h2-7H,1H3,(H,14,15)/p-1. The Morgan fingerprint density at radius 1 is 1.40 bits per heavy atom. The van der Waals surface area contributed by atoms with E-state index in [0.717, 1.165) is 11.3 Å². The largest absolute Gasteiger partial charge is 0.543 e. The van der Waals surface area contributed by atoms with Crippen molar-refractivity contribution in [3.8, 4) is 11.3 Å². The van der Waals surface area contributed by atoms with Gasteiger partial charge in [0, 0.05) is 30.7 Å². The molecular weight excluding hydrogens is 192 g/mol. The van der Waals surface area contributed by atoms with Crippen molar-refractivity contribution in [1.29, 1.82) is 0 Å². The van der Waals surface area contributed by atoms with Crippen LogP contribution in [0.5, 0.6) is 0 Å². The van der Waals surface area contributed by atoms with E-state index in [9.17, 15) is 9.90 Å². The van der Waals surface area contributed by atoms with E-state index in [0.29, 0.717) is 0 Å². The lowest BCUT2D eigenvalue weighted by molar-refractivity contribution is -0.255. The zero-order valence-electron chi connectivity index (χ0n) is 8.18. The van der Waals surface area contributed by atoms with Gasteiger partial charge in [-0.25, -0.2) is 0 Å². The van der Waals surface area contributed by atoms with Gasteiger partial charge in [0.2, 0.25) is 0 Å². The quantitative estimate of drug-likeness (QED) is 0.708. The molecule has 0 spiro atoms. The van der Waals surface area contributed by atoms with Crippen molar-refractivity contribution >= 4 is 5.97 Å². The van der Waals surface area contributed by atoms with Gasteiger partial charge >= 0.3 is 0 Å². The van der Waals surface area contributed by atoms with Crippen LogP contribution in [0.3, 0.4) is 0 Å². The van der Waals surface area contributed by atoms with E-state index in [1.54, 1.807) is 36.1 Å². The highest BCUT2D eigenvalue weighted by Crippen LogP contribution is 2.19. The van der Waals surface area contributed by atoms with Gasteiger partial charge in [-0.2, -0.15) is 0 Å². The zero-order chi connectivity index (χ0) is 10.8. The highest BCUT2D eigenvalue weighted by molar-refractivity contribution is 5.85. The van der Waals surface area contributed by atoms with Gasteiger partial charge in [0.05, 0.1) is 11.7 Å². The Kier molecular flexibility index (Phi) is 2.25. The van der Waals surface area contributed by atoms with Crippen LogP contribution in [-0.4, -0.2) is 15.5 Å². The Morgan fingerprint density at radius 3 is 2.73 bits per heavy atom. The van der Waals surface area contributed by atoms with Gasteiger partial charge in [0.15, 0.2) is 0 Å². The average molecular weight is 201 g/mol. The summed E-state index contributed by atoms with van der Waals surface area (Å²) in [7, 11) is 1.69. The molecule has 0 fully saturated rings. The van der Waals surface area contributed by atoms with E-state index >= 15 is 0 Å². The van der Waals surface area contributed by atoms with Crippen LogP contribution in [0.2, 0.25) is 0 Å². The van der Waals surface area contributed by atoms with Gasteiger partial charge in [0.1, 0.15) is 0 Å². The highest BCUT2D eigenvalue weighted by atomic mass is 16.4. The fraction of sp³-hybridized carbons (Fsp3) is 0.0909. The summed E-state index contributed by atoms with van der Waals surface area (Å²) in [6, 6.07) is 6.95. The van der Waals surface area contributed by atoms with Gasteiger partial charge in [-0.1, -0.05) is 0 Å². The number of carboxylic acids is 1. The minimum Gasteiger partial charge on any atom is -0.543 e. The zero-order valence-corrected chi connectivity index (χ0v) is 8.18. The molecule has 0 N–H and O–H groups in total. The summed E-state index contributed by atoms with van der Waals surface area (Å²) in [6.45, 7) is 0. The van der Waals surface area contributed by atoms with E-state index in [1.165, 1.54) is 6.07 Å². The molecular formula is C11H9N2O2-. The Hall–Kier alpha value is -2.10. The number of hydrogen-bond donors (Lipinski definition) is 0. The van der Waals surface area contributed by atoms with E-state index < -0.39 is 5.97 Å². The molecule has 0 saturated carbocycles. The van der Waals surface area contributed by atoms with E-state index in [2.05, 4.69) is 4.98 Å². The van der Waals surface area contributed by atoms with Crippen molar-refractivity contribution in [2.24, 2.45) is 7.05 Å². The van der Waals surface area contributed by atoms with Crippen molar-refractivity contribution in [2.75, 3.05) is 0 Å². The fourth-order valence-electron chi connectivity index (χ4n) is 1.52. The van der Waals surface area contributed by atoms with Crippen molar-refractivity contribution in [3.05, 3.63) is 42.4 Å². The summed E-state index contributed by atoms with van der Waals surface area (Å²) in [5.41, 5.74) is 1.85. The monoisotopic (exact) mass is 201 g/mol. The summed E-state index contributed by atoms with van der Waals surface area (Å²) >= 11 is 0. The number of carbonyl (C=O) groups excluding carboxylic acids is 1. The van der Waals surface area contributed by atoms with Gasteiger partial charge in [-0.15, -0.1) is 0 Å². The van der Waals surface area contributed by atoms with Crippen LogP contribution >= 0.6 is 0 Å². The second-order valence-electron chi connectivity index (χ2n) is 3.19. The maximum atomic E-state index is 10.7. The molecule has 4 nitrogen and oxygen atoms in total. The van der Waals surface area contributed by atoms with Crippen LogP contribution < -0.4 is 5.11 Å². The van der Waals surface area contributed by atoms with Crippen LogP contribution in [0.25, 0.3) is 11.3 Å². The third-order valence-electron chi connectivity index (χ3n) is 2.29. The molecule has 0 aliphatic rings. The lowest BCUT2D eigenvalue weighted by Gasteiger charge is -2.07. The molecule has 0 amide bonds. The molecule has 0 aliphatic heterocycles. The lowest BCUT2D eigenvalue weighted by atomic mass is 10.2. The molecule has 0 bridgehead atoms. The van der Waals surface area contributed by atoms with Crippen molar-refractivity contribution in [3.63, 3.8) is 0 Å². The van der Waals surface area contributed by atoms with Crippen LogP contribution in [0, 0.1) is 0 Å². The Balaban J connectivity index is 2.52. The molecule has 4 heteroatoms. The van der Waals surface area contributed by atoms with E-state index in [4.69, 9.17) is 0 Å². The Morgan fingerprint density at radius 2 is 2.20 bits per heavy atom. The predicted octanol–water partition coefficient (Wildman–Crippen LogP) is 0.451. The maximum absolute atomic E-state index is 10.7. The van der Waals surface area contributed by atoms with Crippen LogP contribution in [0.4, 0.5) is 0 Å². The summed E-state index contributed by atoms with van der Waals surface area (Å²) < 4.78 is 1.58. The first-order valence-corrected chi connectivity index (χ1v) is 4.47. The average Bonchev–Trinajstić information content (AvgIpc) is 2.61. The molecule has 2 aromatic rings. The molecule has 76 valence electrons. The van der Waals surface area contributed by atoms with E-state index in [-0.39, 0.29) is 5.69 Å². The Labute approximate surface area is 86.8 Å². The topological polar surface area (TPSA) is 58.0 Å². The highest BCUT2D eigenvalue weighted by Gasteiger charge is 2.06. The third kappa shape index (κ3) is 1.61. The number of aromatic nitrogens is 2. The number of aromatic carboxylic acids is 1. The molecule has 0 saturated heterocycles. The number of rotatable bonds is 2. The lowest BCUT2D eigenvalue weighted by Crippen LogP contribution is -2.24. The second-order valence-corrected chi connectivity index (χ2v) is 3.19. The minimum absolute atomic E-state index is 0.161. The van der Waals surface area contributed by atoms with Crippen molar-refractivity contribution in [2.45, 2.75) is 0 Å². The summed E-state index contributed by atoms with van der Waals surface area (Å²) in [5, 5.41) is 10.7. The third-order valence-corrected chi connectivity index (χ3v) is 2.29. The first-order valence-electron chi connectivity index (χ1n) is 4.47. The van der Waals surface area contributed by atoms with Crippen LogP contribution in [-0.2, 0) is 7.05 Å². The molecule has 0 aliphatic carbocycles. The minimum atomic E-state index is -1.17. The smallest absolute Gasteiger partial charge is 0.0880 e. The number of hydrogen-bond acceptors (Lipinski definition) is 3. The van der Waals surface area contributed by atoms with Crippen LogP contribution in [0.1, 0.15) is 10.5 Å². The predicted molar refractivity (Wildman–Crippen MR) is 53.0 cm³/mol. The van der Waals surface area contributed by atoms with Gasteiger partial charge in [0.25, 0.3) is 0 Å². The molecule has 0 unspecified atom stereocenters. The summed E-state index contributed by atoms with van der Waals surface area (Å²) in [6.07, 6.45) is 3.36. The second kappa shape index (κ2) is 3.57. The van der Waals surface area contributed by atoms with Gasteiger partial charge in [-0.05, 0) is 24.3 Å². The first kappa shape index (κ1) is 9.45. The number of nitrogens with zero attached hydrogens (tertiary/aromatic N) is 2. The van der Waals surface area contributed by atoms with Gasteiger partial charge in [-0.3, -0.25) is 4.98 Å². The van der Waals surface area contributed by atoms with Crippen molar-refractivity contribution < 1.29 is 9.90 Å². The number of carbonyl (C=O) groups is 1. The first-order chi connectivity index (χ1) is 7.20.